The number of hydrogen-bond donors (Lipinski definition) is 1. The monoisotopic (exact) mass is 362 g/mol. The maximum atomic E-state index is 12.5. The van der Waals surface area contributed by atoms with Crippen molar-refractivity contribution in [2.75, 3.05) is 23.3 Å². The second-order valence-corrected chi connectivity index (χ2v) is 7.08. The highest BCUT2D eigenvalue weighted by Crippen LogP contribution is 2.24. The summed E-state index contributed by atoms with van der Waals surface area (Å²) in [5, 5.41) is 2.79. The Balaban J connectivity index is 1.50. The lowest BCUT2D eigenvalue weighted by atomic mass is 9.99. The van der Waals surface area contributed by atoms with Gasteiger partial charge in [-0.25, -0.2) is 4.98 Å². The number of hydrogen-bond acceptors (Lipinski definition) is 4. The maximum absolute atomic E-state index is 12.5. The molecule has 0 atom stereocenters. The summed E-state index contributed by atoms with van der Waals surface area (Å²) in [6.45, 7) is 4.42. The van der Waals surface area contributed by atoms with E-state index in [1.165, 1.54) is 23.4 Å². The Bertz CT molecular complexity index is 1020. The Kier molecular flexibility index (Phi) is 4.62. The van der Waals surface area contributed by atoms with Crippen LogP contribution in [0.15, 0.2) is 59.7 Å². The van der Waals surface area contributed by atoms with E-state index in [2.05, 4.69) is 22.1 Å². The smallest absolute Gasteiger partial charge is 0.270 e. The van der Waals surface area contributed by atoms with E-state index in [9.17, 15) is 9.59 Å². The molecular weight excluding hydrogens is 340 g/mol. The van der Waals surface area contributed by atoms with Gasteiger partial charge in [-0.2, -0.15) is 0 Å². The first-order valence-corrected chi connectivity index (χ1v) is 9.24. The Morgan fingerprint density at radius 2 is 1.85 bits per heavy atom. The number of rotatable bonds is 3. The minimum atomic E-state index is -0.453. The van der Waals surface area contributed by atoms with Gasteiger partial charge in [0.1, 0.15) is 11.2 Å². The molecule has 3 aromatic rings. The van der Waals surface area contributed by atoms with Gasteiger partial charge in [0.25, 0.3) is 11.5 Å². The SMILES string of the molecule is CC1CCN(c2ccc(NC(=O)c3cnc4ccccn4c3=O)cc2)CC1. The lowest BCUT2D eigenvalue weighted by Crippen LogP contribution is -2.32. The zero-order chi connectivity index (χ0) is 18.8. The predicted octanol–water partition coefficient (Wildman–Crippen LogP) is 3.18. The first-order valence-electron chi connectivity index (χ1n) is 9.24. The van der Waals surface area contributed by atoms with E-state index in [1.54, 1.807) is 24.4 Å². The standard InChI is InChI=1S/C21H22N4O2/c1-15-9-12-24(13-10-15)17-7-5-16(6-8-17)23-20(26)18-14-22-19-4-2-3-11-25(19)21(18)27/h2-8,11,14-15H,9-10,12-13H2,1H3,(H,23,26). The minimum absolute atomic E-state index is 0.0211. The number of nitrogens with zero attached hydrogens (tertiary/aromatic N) is 3. The highest BCUT2D eigenvalue weighted by atomic mass is 16.2. The third kappa shape index (κ3) is 3.56. The average Bonchev–Trinajstić information content (AvgIpc) is 2.70. The van der Waals surface area contributed by atoms with Gasteiger partial charge >= 0.3 is 0 Å². The van der Waals surface area contributed by atoms with E-state index in [0.29, 0.717) is 11.3 Å². The zero-order valence-corrected chi connectivity index (χ0v) is 15.3. The molecule has 2 aromatic heterocycles. The van der Waals surface area contributed by atoms with E-state index < -0.39 is 5.91 Å². The van der Waals surface area contributed by atoms with Gasteiger partial charge in [0.15, 0.2) is 0 Å². The molecular formula is C21H22N4O2. The van der Waals surface area contributed by atoms with Gasteiger partial charge < -0.3 is 10.2 Å². The highest BCUT2D eigenvalue weighted by Gasteiger charge is 2.17. The van der Waals surface area contributed by atoms with Gasteiger partial charge in [-0.3, -0.25) is 14.0 Å². The highest BCUT2D eigenvalue weighted by molar-refractivity contribution is 6.04. The first kappa shape index (κ1) is 17.3. The van der Waals surface area contributed by atoms with Crippen molar-refractivity contribution in [2.24, 2.45) is 5.92 Å². The van der Waals surface area contributed by atoms with Crippen LogP contribution in [0.5, 0.6) is 0 Å². The molecule has 4 rings (SSSR count). The fourth-order valence-electron chi connectivity index (χ4n) is 3.40. The third-order valence-corrected chi connectivity index (χ3v) is 5.13. The number of piperidine rings is 1. The number of anilines is 2. The van der Waals surface area contributed by atoms with Gasteiger partial charge in [-0.05, 0) is 55.2 Å². The first-order chi connectivity index (χ1) is 13.1. The van der Waals surface area contributed by atoms with Gasteiger partial charge in [-0.15, -0.1) is 0 Å². The Labute approximate surface area is 157 Å². The fourth-order valence-corrected chi connectivity index (χ4v) is 3.40. The van der Waals surface area contributed by atoms with E-state index >= 15 is 0 Å². The van der Waals surface area contributed by atoms with Gasteiger partial charge in [0.05, 0.1) is 0 Å². The molecule has 27 heavy (non-hydrogen) atoms. The Hall–Kier alpha value is -3.15. The summed E-state index contributed by atoms with van der Waals surface area (Å²) in [6, 6.07) is 13.0. The molecule has 1 N–H and O–H groups in total. The minimum Gasteiger partial charge on any atom is -0.372 e. The molecule has 1 fully saturated rings. The van der Waals surface area contributed by atoms with Gasteiger partial charge in [-0.1, -0.05) is 13.0 Å². The number of benzene rings is 1. The van der Waals surface area contributed by atoms with Crippen LogP contribution in [0.3, 0.4) is 0 Å². The van der Waals surface area contributed by atoms with Crippen molar-refractivity contribution < 1.29 is 4.79 Å². The second-order valence-electron chi connectivity index (χ2n) is 7.08. The summed E-state index contributed by atoms with van der Waals surface area (Å²) in [5.74, 6) is 0.333. The molecule has 0 aliphatic carbocycles. The topological polar surface area (TPSA) is 66.7 Å². The lowest BCUT2D eigenvalue weighted by molar-refractivity contribution is 0.102. The summed E-state index contributed by atoms with van der Waals surface area (Å²) in [7, 11) is 0. The molecule has 0 saturated carbocycles. The number of amides is 1. The molecule has 6 nitrogen and oxygen atoms in total. The molecule has 1 aliphatic heterocycles. The summed E-state index contributed by atoms with van der Waals surface area (Å²) in [6.07, 6.45) is 5.35. The molecule has 1 amide bonds. The van der Waals surface area contributed by atoms with Crippen molar-refractivity contribution in [1.29, 1.82) is 0 Å². The lowest BCUT2D eigenvalue weighted by Gasteiger charge is -2.32. The van der Waals surface area contributed by atoms with Crippen molar-refractivity contribution in [3.8, 4) is 0 Å². The zero-order valence-electron chi connectivity index (χ0n) is 15.3. The molecule has 6 heteroatoms. The summed E-state index contributed by atoms with van der Waals surface area (Å²) in [5.41, 5.74) is 1.98. The summed E-state index contributed by atoms with van der Waals surface area (Å²) >= 11 is 0. The Morgan fingerprint density at radius 3 is 2.59 bits per heavy atom. The number of aromatic nitrogens is 2. The van der Waals surface area contributed by atoms with E-state index in [0.717, 1.165) is 24.7 Å². The van der Waals surface area contributed by atoms with Crippen LogP contribution in [0.25, 0.3) is 5.65 Å². The quantitative estimate of drug-likeness (QED) is 0.777. The second kappa shape index (κ2) is 7.23. The van der Waals surface area contributed by atoms with Crippen molar-refractivity contribution in [3.05, 3.63) is 70.8 Å². The van der Waals surface area contributed by atoms with Crippen molar-refractivity contribution in [3.63, 3.8) is 0 Å². The van der Waals surface area contributed by atoms with Crippen molar-refractivity contribution >= 4 is 22.9 Å². The van der Waals surface area contributed by atoms with Crippen LogP contribution < -0.4 is 15.8 Å². The van der Waals surface area contributed by atoms with Crippen LogP contribution in [-0.2, 0) is 0 Å². The molecule has 138 valence electrons. The molecule has 0 radical (unpaired) electrons. The number of carbonyl (C=O) groups excluding carboxylic acids is 1. The third-order valence-electron chi connectivity index (χ3n) is 5.13. The number of fused-ring (bicyclic) bond motifs is 1. The van der Waals surface area contributed by atoms with Crippen LogP contribution >= 0.6 is 0 Å². The van der Waals surface area contributed by atoms with Gasteiger partial charge in [0, 0.05) is 36.9 Å². The van der Waals surface area contributed by atoms with Crippen molar-refractivity contribution in [2.45, 2.75) is 19.8 Å². The molecule has 1 aliphatic rings. The summed E-state index contributed by atoms with van der Waals surface area (Å²) in [4.78, 5) is 31.6. The molecule has 0 spiro atoms. The van der Waals surface area contributed by atoms with Crippen LogP contribution in [0, 0.1) is 5.92 Å². The number of carbonyl (C=O) groups is 1. The maximum Gasteiger partial charge on any atom is 0.270 e. The number of nitrogens with one attached hydrogen (secondary N) is 1. The Morgan fingerprint density at radius 1 is 1.11 bits per heavy atom. The largest absolute Gasteiger partial charge is 0.372 e. The normalized spacial score (nSPS) is 15.1. The number of pyridine rings is 1. The fraction of sp³-hybridized carbons (Fsp3) is 0.286. The van der Waals surface area contributed by atoms with E-state index in [1.807, 2.05) is 24.3 Å². The van der Waals surface area contributed by atoms with E-state index in [4.69, 9.17) is 0 Å². The molecule has 1 saturated heterocycles. The summed E-state index contributed by atoms with van der Waals surface area (Å²) < 4.78 is 1.37. The molecule has 0 unspecified atom stereocenters. The predicted molar refractivity (Wildman–Crippen MR) is 106 cm³/mol. The van der Waals surface area contributed by atoms with Gasteiger partial charge in [0.2, 0.25) is 0 Å². The average molecular weight is 362 g/mol. The molecule has 1 aromatic carbocycles. The van der Waals surface area contributed by atoms with Crippen LogP contribution in [0.1, 0.15) is 30.1 Å². The van der Waals surface area contributed by atoms with Crippen LogP contribution in [0.2, 0.25) is 0 Å². The molecule has 0 bridgehead atoms. The van der Waals surface area contributed by atoms with Crippen LogP contribution in [-0.4, -0.2) is 28.4 Å². The van der Waals surface area contributed by atoms with Crippen molar-refractivity contribution in [1.82, 2.24) is 9.38 Å². The van der Waals surface area contributed by atoms with Crippen LogP contribution in [0.4, 0.5) is 11.4 Å². The van der Waals surface area contributed by atoms with E-state index in [-0.39, 0.29) is 11.1 Å². The molecule has 3 heterocycles.